The molecule has 0 radical (unpaired) electrons. The fourth-order valence-corrected chi connectivity index (χ4v) is 1.31. The molecule has 7 heteroatoms. The SMILES string of the molecule is Cc1ccccc1NC(=O)C(O)(O)C(Cl)(Cl)Cl. The number of carbonyl (C=O) groups is 1. The van der Waals surface area contributed by atoms with Gasteiger partial charge in [-0.25, -0.2) is 0 Å². The van der Waals surface area contributed by atoms with Crippen LogP contribution in [0, 0.1) is 6.92 Å². The van der Waals surface area contributed by atoms with Gasteiger partial charge in [0.15, 0.2) is 0 Å². The molecule has 0 atom stereocenters. The fourth-order valence-electron chi connectivity index (χ4n) is 1.05. The van der Waals surface area contributed by atoms with Crippen LogP contribution in [0.1, 0.15) is 5.56 Å². The van der Waals surface area contributed by atoms with Gasteiger partial charge in [-0.05, 0) is 18.6 Å². The summed E-state index contributed by atoms with van der Waals surface area (Å²) in [6.07, 6.45) is 0. The number of amides is 1. The van der Waals surface area contributed by atoms with Gasteiger partial charge in [0.2, 0.25) is 0 Å². The maximum atomic E-state index is 11.6. The summed E-state index contributed by atoms with van der Waals surface area (Å²) in [5.74, 6) is -4.33. The number of hydrogen-bond acceptors (Lipinski definition) is 3. The first-order valence-corrected chi connectivity index (χ1v) is 5.68. The Bertz CT molecular complexity index is 429. The highest BCUT2D eigenvalue weighted by Crippen LogP contribution is 2.37. The maximum absolute atomic E-state index is 11.6. The Hall–Kier alpha value is -0.520. The van der Waals surface area contributed by atoms with Gasteiger partial charge >= 0.3 is 0 Å². The van der Waals surface area contributed by atoms with Gasteiger partial charge in [0.25, 0.3) is 15.5 Å². The van der Waals surface area contributed by atoms with Crippen LogP contribution in [0.25, 0.3) is 0 Å². The molecule has 0 spiro atoms. The van der Waals surface area contributed by atoms with Crippen molar-refractivity contribution in [3.63, 3.8) is 0 Å². The highest BCUT2D eigenvalue weighted by Gasteiger charge is 2.52. The third-order valence-corrected chi connectivity index (χ3v) is 2.90. The minimum atomic E-state index is -3.11. The molecule has 3 N–H and O–H groups in total. The van der Waals surface area contributed by atoms with Crippen LogP contribution in [0.5, 0.6) is 0 Å². The van der Waals surface area contributed by atoms with Gasteiger partial charge in [-0.1, -0.05) is 53.0 Å². The molecule has 1 aromatic carbocycles. The minimum Gasteiger partial charge on any atom is -0.355 e. The van der Waals surface area contributed by atoms with Crippen LogP contribution in [0.3, 0.4) is 0 Å². The average Bonchev–Trinajstić information content (AvgIpc) is 2.19. The predicted molar refractivity (Wildman–Crippen MR) is 67.3 cm³/mol. The largest absolute Gasteiger partial charge is 0.355 e. The normalized spacial score (nSPS) is 12.4. The van der Waals surface area contributed by atoms with E-state index in [1.54, 1.807) is 31.2 Å². The van der Waals surface area contributed by atoms with Gasteiger partial charge in [0, 0.05) is 5.69 Å². The summed E-state index contributed by atoms with van der Waals surface area (Å²) in [5.41, 5.74) is 1.14. The zero-order chi connectivity index (χ0) is 13.3. The molecular formula is C10H10Cl3NO3. The number of carbonyl (C=O) groups excluding carboxylic acids is 1. The summed E-state index contributed by atoms with van der Waals surface area (Å²) in [5, 5.41) is 21.1. The monoisotopic (exact) mass is 297 g/mol. The van der Waals surface area contributed by atoms with Crippen LogP contribution >= 0.6 is 34.8 Å². The van der Waals surface area contributed by atoms with E-state index in [1.165, 1.54) is 0 Å². The van der Waals surface area contributed by atoms with E-state index in [9.17, 15) is 15.0 Å². The number of anilines is 1. The van der Waals surface area contributed by atoms with E-state index in [0.717, 1.165) is 5.56 Å². The Morgan fingerprint density at radius 3 is 2.24 bits per heavy atom. The summed E-state index contributed by atoms with van der Waals surface area (Å²) in [7, 11) is 0. The van der Waals surface area contributed by atoms with Crippen LogP contribution < -0.4 is 5.32 Å². The first-order valence-electron chi connectivity index (χ1n) is 4.55. The molecule has 0 saturated heterocycles. The number of benzene rings is 1. The maximum Gasteiger partial charge on any atom is 0.293 e. The van der Waals surface area contributed by atoms with Crippen LogP contribution in [-0.2, 0) is 4.79 Å². The number of alkyl halides is 3. The van der Waals surface area contributed by atoms with Crippen molar-refractivity contribution in [1.82, 2.24) is 0 Å². The van der Waals surface area contributed by atoms with Crippen molar-refractivity contribution in [3.05, 3.63) is 29.8 Å². The van der Waals surface area contributed by atoms with Gasteiger partial charge < -0.3 is 15.5 Å². The van der Waals surface area contributed by atoms with Crippen molar-refractivity contribution >= 4 is 46.4 Å². The summed E-state index contributed by atoms with van der Waals surface area (Å²) in [6.45, 7) is 1.74. The Balaban J connectivity index is 2.91. The standard InChI is InChI=1S/C10H10Cl3NO3/c1-6-4-2-3-5-7(6)14-8(15)9(16,17)10(11,12)13/h2-5,16-17H,1H3,(H,14,15). The summed E-state index contributed by atoms with van der Waals surface area (Å²) in [6, 6.07) is 6.77. The van der Waals surface area contributed by atoms with Crippen molar-refractivity contribution in [2.45, 2.75) is 16.5 Å². The highest BCUT2D eigenvalue weighted by molar-refractivity contribution is 6.69. The molecule has 0 aliphatic rings. The third-order valence-electron chi connectivity index (χ3n) is 2.11. The van der Waals surface area contributed by atoms with Crippen LogP contribution in [-0.4, -0.2) is 25.7 Å². The quantitative estimate of drug-likeness (QED) is 0.577. The molecule has 0 aromatic heterocycles. The van der Waals surface area contributed by atoms with Crippen molar-refractivity contribution in [3.8, 4) is 0 Å². The van der Waals surface area contributed by atoms with E-state index >= 15 is 0 Å². The molecular weight excluding hydrogens is 288 g/mol. The lowest BCUT2D eigenvalue weighted by molar-refractivity contribution is -0.177. The minimum absolute atomic E-state index is 0.402. The highest BCUT2D eigenvalue weighted by atomic mass is 35.6. The zero-order valence-electron chi connectivity index (χ0n) is 8.75. The third kappa shape index (κ3) is 3.24. The molecule has 0 aliphatic carbocycles. The summed E-state index contributed by atoms with van der Waals surface area (Å²) < 4.78 is -2.54. The van der Waals surface area contributed by atoms with Crippen molar-refractivity contribution in [2.75, 3.05) is 5.32 Å². The van der Waals surface area contributed by atoms with Crippen LogP contribution in [0.4, 0.5) is 5.69 Å². The Labute approximate surface area is 113 Å². The van der Waals surface area contributed by atoms with E-state index in [-0.39, 0.29) is 0 Å². The van der Waals surface area contributed by atoms with Gasteiger partial charge in [-0.2, -0.15) is 0 Å². The second-order valence-electron chi connectivity index (χ2n) is 3.44. The molecule has 0 fully saturated rings. The average molecular weight is 299 g/mol. The Kier molecular flexibility index (Phi) is 4.28. The van der Waals surface area contributed by atoms with Gasteiger partial charge in [0.05, 0.1) is 0 Å². The molecule has 0 saturated carbocycles. The predicted octanol–water partition coefficient (Wildman–Crippen LogP) is 1.98. The molecule has 17 heavy (non-hydrogen) atoms. The molecule has 0 heterocycles. The number of halogens is 3. The Morgan fingerprint density at radius 1 is 1.24 bits per heavy atom. The van der Waals surface area contributed by atoms with Crippen molar-refractivity contribution < 1.29 is 15.0 Å². The van der Waals surface area contributed by atoms with E-state index in [0.29, 0.717) is 5.69 Å². The first kappa shape index (κ1) is 14.5. The molecule has 1 rings (SSSR count). The van der Waals surface area contributed by atoms with E-state index in [4.69, 9.17) is 34.8 Å². The van der Waals surface area contributed by atoms with E-state index in [2.05, 4.69) is 5.32 Å². The number of aryl methyl sites for hydroxylation is 1. The molecule has 1 aromatic rings. The van der Waals surface area contributed by atoms with Gasteiger partial charge in [-0.3, -0.25) is 4.79 Å². The van der Waals surface area contributed by atoms with E-state index < -0.39 is 15.5 Å². The lowest BCUT2D eigenvalue weighted by atomic mass is 10.2. The van der Waals surface area contributed by atoms with Crippen LogP contribution in [0.15, 0.2) is 24.3 Å². The Morgan fingerprint density at radius 2 is 1.76 bits per heavy atom. The first-order chi connectivity index (χ1) is 7.66. The molecule has 1 amide bonds. The number of nitrogens with one attached hydrogen (secondary N) is 1. The molecule has 0 aliphatic heterocycles. The number of rotatable bonds is 2. The molecule has 4 nitrogen and oxygen atoms in total. The lowest BCUT2D eigenvalue weighted by Crippen LogP contribution is -2.53. The summed E-state index contributed by atoms with van der Waals surface area (Å²) >= 11 is 15.9. The van der Waals surface area contributed by atoms with Gasteiger partial charge in [-0.15, -0.1) is 0 Å². The molecule has 0 bridgehead atoms. The number of para-hydroxylation sites is 1. The van der Waals surface area contributed by atoms with Crippen molar-refractivity contribution in [2.24, 2.45) is 0 Å². The number of aliphatic hydroxyl groups is 2. The second kappa shape index (κ2) is 5.00. The number of hydrogen-bond donors (Lipinski definition) is 3. The second-order valence-corrected chi connectivity index (χ2v) is 5.72. The van der Waals surface area contributed by atoms with E-state index in [1.807, 2.05) is 0 Å². The topological polar surface area (TPSA) is 69.6 Å². The van der Waals surface area contributed by atoms with Crippen LogP contribution in [0.2, 0.25) is 0 Å². The fraction of sp³-hybridized carbons (Fsp3) is 0.300. The molecule has 0 unspecified atom stereocenters. The van der Waals surface area contributed by atoms with Gasteiger partial charge in [0.1, 0.15) is 0 Å². The molecule has 94 valence electrons. The summed E-state index contributed by atoms with van der Waals surface area (Å²) in [4.78, 5) is 11.6. The zero-order valence-corrected chi connectivity index (χ0v) is 11.0. The van der Waals surface area contributed by atoms with Crippen molar-refractivity contribution in [1.29, 1.82) is 0 Å². The lowest BCUT2D eigenvalue weighted by Gasteiger charge is -2.27. The smallest absolute Gasteiger partial charge is 0.293 e.